The molecule has 0 aliphatic carbocycles. The van der Waals surface area contributed by atoms with Gasteiger partial charge in [-0.2, -0.15) is 4.80 Å². The van der Waals surface area contributed by atoms with Crippen LogP contribution in [0.5, 0.6) is 0 Å². The number of thiophene rings is 1. The number of aromatic nitrogens is 8. The van der Waals surface area contributed by atoms with E-state index in [0.29, 0.717) is 22.1 Å². The van der Waals surface area contributed by atoms with Crippen LogP contribution in [0.2, 0.25) is 0 Å². The van der Waals surface area contributed by atoms with Crippen LogP contribution in [-0.4, -0.2) is 39.4 Å². The van der Waals surface area contributed by atoms with Crippen molar-refractivity contribution in [1.29, 1.82) is 0 Å². The summed E-state index contributed by atoms with van der Waals surface area (Å²) in [5, 5.41) is 23.0. The number of halogens is 1. The molecule has 4 aromatic heterocycles. The smallest absolute Gasteiger partial charge is 0.272 e. The maximum atomic E-state index is 12.4. The van der Waals surface area contributed by atoms with Crippen LogP contribution in [-0.2, 0) is 13.6 Å². The predicted molar refractivity (Wildman–Crippen MR) is 104 cm³/mol. The molecule has 0 saturated carbocycles. The van der Waals surface area contributed by atoms with E-state index in [2.05, 4.69) is 41.5 Å². The van der Waals surface area contributed by atoms with Gasteiger partial charge >= 0.3 is 0 Å². The van der Waals surface area contributed by atoms with Crippen molar-refractivity contribution in [1.82, 2.24) is 39.4 Å². The summed E-state index contributed by atoms with van der Waals surface area (Å²) in [5.74, 6) is 1.64. The standard InChI is InChI=1S/C16H11BrN8OS/c1-23-15(26)13-11(6-7-27-13)25-12(18-20-16(23)25)8-24-21-14(19-22-24)9-2-4-10(17)5-3-9/h2-7H,8H2,1H3. The maximum Gasteiger partial charge on any atom is 0.272 e. The van der Waals surface area contributed by atoms with E-state index in [4.69, 9.17) is 0 Å². The third kappa shape index (κ3) is 2.58. The summed E-state index contributed by atoms with van der Waals surface area (Å²) in [5.41, 5.74) is 1.58. The molecule has 0 spiro atoms. The molecule has 9 nitrogen and oxygen atoms in total. The first-order valence-corrected chi connectivity index (χ1v) is 9.63. The van der Waals surface area contributed by atoms with Crippen molar-refractivity contribution < 1.29 is 0 Å². The number of rotatable bonds is 3. The zero-order valence-corrected chi connectivity index (χ0v) is 16.3. The van der Waals surface area contributed by atoms with Crippen LogP contribution in [0.3, 0.4) is 0 Å². The highest BCUT2D eigenvalue weighted by Gasteiger charge is 2.17. The van der Waals surface area contributed by atoms with Gasteiger partial charge in [-0.25, -0.2) is 0 Å². The average Bonchev–Trinajstić information content (AvgIpc) is 3.40. The molecule has 134 valence electrons. The van der Waals surface area contributed by atoms with Gasteiger partial charge in [0.05, 0.1) is 5.52 Å². The van der Waals surface area contributed by atoms with Crippen LogP contribution in [0, 0.1) is 0 Å². The van der Waals surface area contributed by atoms with Crippen LogP contribution in [0.1, 0.15) is 5.82 Å². The lowest BCUT2D eigenvalue weighted by atomic mass is 10.2. The van der Waals surface area contributed by atoms with Gasteiger partial charge in [-0.15, -0.1) is 31.7 Å². The lowest BCUT2D eigenvalue weighted by Crippen LogP contribution is -2.19. The number of tetrazole rings is 1. The van der Waals surface area contributed by atoms with Crippen LogP contribution in [0.4, 0.5) is 0 Å². The number of aryl methyl sites for hydroxylation is 1. The maximum absolute atomic E-state index is 12.4. The number of fused-ring (bicyclic) bond motifs is 3. The fraction of sp³-hybridized carbons (Fsp3) is 0.125. The van der Waals surface area contributed by atoms with E-state index in [1.165, 1.54) is 20.7 Å². The lowest BCUT2D eigenvalue weighted by molar-refractivity contribution is 0.552. The molecule has 0 aliphatic rings. The second kappa shape index (κ2) is 6.06. The lowest BCUT2D eigenvalue weighted by Gasteiger charge is -2.04. The van der Waals surface area contributed by atoms with Crippen molar-refractivity contribution in [3.05, 3.63) is 56.4 Å². The van der Waals surface area contributed by atoms with Crippen molar-refractivity contribution in [3.63, 3.8) is 0 Å². The molecule has 0 bridgehead atoms. The van der Waals surface area contributed by atoms with E-state index < -0.39 is 0 Å². The molecular weight excluding hydrogens is 432 g/mol. The molecule has 4 heterocycles. The minimum absolute atomic E-state index is 0.0807. The second-order valence-electron chi connectivity index (χ2n) is 5.90. The van der Waals surface area contributed by atoms with Gasteiger partial charge in [0.25, 0.3) is 5.56 Å². The zero-order chi connectivity index (χ0) is 18.5. The molecule has 5 aromatic rings. The fourth-order valence-corrected chi connectivity index (χ4v) is 4.02. The second-order valence-corrected chi connectivity index (χ2v) is 7.73. The minimum Gasteiger partial charge on any atom is -0.279 e. The van der Waals surface area contributed by atoms with E-state index in [1.807, 2.05) is 40.1 Å². The molecular formula is C16H11BrN8OS. The molecule has 27 heavy (non-hydrogen) atoms. The Kier molecular flexibility index (Phi) is 3.65. The van der Waals surface area contributed by atoms with E-state index in [9.17, 15) is 4.79 Å². The van der Waals surface area contributed by atoms with Gasteiger partial charge in [-0.1, -0.05) is 15.9 Å². The van der Waals surface area contributed by atoms with E-state index in [-0.39, 0.29) is 12.1 Å². The highest BCUT2D eigenvalue weighted by atomic mass is 79.9. The zero-order valence-electron chi connectivity index (χ0n) is 13.9. The summed E-state index contributed by atoms with van der Waals surface area (Å²) in [4.78, 5) is 13.9. The van der Waals surface area contributed by atoms with Crippen molar-refractivity contribution in [3.8, 4) is 11.4 Å². The van der Waals surface area contributed by atoms with Gasteiger partial charge in [0.2, 0.25) is 11.6 Å². The molecule has 0 N–H and O–H groups in total. The first-order chi connectivity index (χ1) is 13.1. The molecule has 0 amide bonds. The normalized spacial score (nSPS) is 11.6. The van der Waals surface area contributed by atoms with E-state index >= 15 is 0 Å². The van der Waals surface area contributed by atoms with Gasteiger partial charge in [0.1, 0.15) is 11.2 Å². The van der Waals surface area contributed by atoms with E-state index in [1.54, 1.807) is 7.05 Å². The number of hydrogen-bond donors (Lipinski definition) is 0. The molecule has 1 aromatic carbocycles. The third-order valence-corrected chi connectivity index (χ3v) is 5.66. The largest absolute Gasteiger partial charge is 0.279 e. The topological polar surface area (TPSA) is 95.8 Å². The molecule has 0 radical (unpaired) electrons. The number of nitrogens with zero attached hydrogens (tertiary/aromatic N) is 8. The Bertz CT molecular complexity index is 1350. The Balaban J connectivity index is 1.58. The Morgan fingerprint density at radius 3 is 2.74 bits per heavy atom. The quantitative estimate of drug-likeness (QED) is 0.424. The number of hydrogen-bond acceptors (Lipinski definition) is 7. The van der Waals surface area contributed by atoms with Crippen LogP contribution >= 0.6 is 27.3 Å². The highest BCUT2D eigenvalue weighted by molar-refractivity contribution is 9.10. The van der Waals surface area contributed by atoms with Gasteiger partial charge in [-0.05, 0) is 40.9 Å². The Morgan fingerprint density at radius 2 is 1.93 bits per heavy atom. The summed E-state index contributed by atoms with van der Waals surface area (Å²) in [6.45, 7) is 0.286. The summed E-state index contributed by atoms with van der Waals surface area (Å²) in [6, 6.07) is 9.58. The predicted octanol–water partition coefficient (Wildman–Crippen LogP) is 2.11. The van der Waals surface area contributed by atoms with Crippen LogP contribution in [0.15, 0.2) is 45.0 Å². The summed E-state index contributed by atoms with van der Waals surface area (Å²) in [6.07, 6.45) is 0. The molecule has 0 fully saturated rings. The Morgan fingerprint density at radius 1 is 1.11 bits per heavy atom. The molecule has 0 saturated heterocycles. The third-order valence-electron chi connectivity index (χ3n) is 4.24. The molecule has 5 rings (SSSR count). The van der Waals surface area contributed by atoms with Crippen molar-refractivity contribution in [2.75, 3.05) is 0 Å². The summed E-state index contributed by atoms with van der Waals surface area (Å²) < 4.78 is 5.00. The summed E-state index contributed by atoms with van der Waals surface area (Å²) in [7, 11) is 1.69. The van der Waals surface area contributed by atoms with Crippen molar-refractivity contribution in [2.45, 2.75) is 6.54 Å². The first kappa shape index (κ1) is 16.3. The summed E-state index contributed by atoms with van der Waals surface area (Å²) >= 11 is 4.81. The molecule has 0 aliphatic heterocycles. The van der Waals surface area contributed by atoms with Crippen molar-refractivity contribution in [2.24, 2.45) is 7.05 Å². The minimum atomic E-state index is -0.0807. The monoisotopic (exact) mass is 442 g/mol. The van der Waals surface area contributed by atoms with Crippen molar-refractivity contribution >= 4 is 43.3 Å². The van der Waals surface area contributed by atoms with Gasteiger partial charge in [0.15, 0.2) is 5.82 Å². The highest BCUT2D eigenvalue weighted by Crippen LogP contribution is 2.20. The van der Waals surface area contributed by atoms with E-state index in [0.717, 1.165) is 15.6 Å². The van der Waals surface area contributed by atoms with Gasteiger partial charge in [-0.3, -0.25) is 13.8 Å². The Labute approximate surface area is 164 Å². The fourth-order valence-electron chi connectivity index (χ4n) is 2.91. The van der Waals surface area contributed by atoms with Crippen LogP contribution < -0.4 is 5.56 Å². The SMILES string of the molecule is Cn1c(=O)c2sccc2n2c(Cn3nnc(-c4ccc(Br)cc4)n3)nnc12. The van der Waals surface area contributed by atoms with Gasteiger partial charge < -0.3 is 0 Å². The van der Waals surface area contributed by atoms with Crippen LogP contribution in [0.25, 0.3) is 27.4 Å². The average molecular weight is 443 g/mol. The molecule has 11 heteroatoms. The van der Waals surface area contributed by atoms with Gasteiger partial charge in [0, 0.05) is 17.1 Å². The first-order valence-electron chi connectivity index (χ1n) is 7.96. The number of benzene rings is 1. The molecule has 0 atom stereocenters. The molecule has 0 unspecified atom stereocenters. The Hall–Kier alpha value is -2.92.